The van der Waals surface area contributed by atoms with E-state index in [-0.39, 0.29) is 5.56 Å². The van der Waals surface area contributed by atoms with Crippen molar-refractivity contribution < 1.29 is 4.74 Å². The van der Waals surface area contributed by atoms with Crippen molar-refractivity contribution in [3.05, 3.63) is 63.7 Å². The lowest BCUT2D eigenvalue weighted by atomic mass is 9.98. The fourth-order valence-corrected chi connectivity index (χ4v) is 4.16. The minimum Gasteiger partial charge on any atom is -0.468 e. The Labute approximate surface area is 170 Å². The first-order valence-corrected chi connectivity index (χ1v) is 10.2. The van der Waals surface area contributed by atoms with Crippen LogP contribution >= 0.6 is 0 Å². The third-order valence-corrected chi connectivity index (χ3v) is 5.85. The standard InChI is InChI=1S/C23H28N4O2/c1-4-20-18(22(28)26(2)23(25-20)29-3)11-14-27-12-9-16(10-13-27)19-15-24-21-8-6-5-7-17(19)21/h5-9,15,24H,4,10-14H2,1-3H3. The largest absolute Gasteiger partial charge is 0.468 e. The van der Waals surface area contributed by atoms with Crippen molar-refractivity contribution in [2.45, 2.75) is 26.2 Å². The predicted molar refractivity (Wildman–Crippen MR) is 116 cm³/mol. The third-order valence-electron chi connectivity index (χ3n) is 5.85. The summed E-state index contributed by atoms with van der Waals surface area (Å²) in [5, 5.41) is 1.28. The highest BCUT2D eigenvalue weighted by atomic mass is 16.5. The molecule has 3 heterocycles. The Hall–Kier alpha value is -2.86. The van der Waals surface area contributed by atoms with E-state index in [1.165, 1.54) is 26.6 Å². The van der Waals surface area contributed by atoms with Gasteiger partial charge in [0.15, 0.2) is 0 Å². The van der Waals surface area contributed by atoms with Crippen LogP contribution in [0.4, 0.5) is 0 Å². The lowest BCUT2D eigenvalue weighted by molar-refractivity contribution is 0.304. The van der Waals surface area contributed by atoms with Gasteiger partial charge in [0, 0.05) is 54.9 Å². The number of aryl methyl sites for hydroxylation is 1. The number of para-hydroxylation sites is 1. The number of hydrogen-bond donors (Lipinski definition) is 1. The van der Waals surface area contributed by atoms with Crippen LogP contribution < -0.4 is 10.3 Å². The maximum absolute atomic E-state index is 12.7. The summed E-state index contributed by atoms with van der Waals surface area (Å²) in [6, 6.07) is 8.81. The summed E-state index contributed by atoms with van der Waals surface area (Å²) in [7, 11) is 3.26. The zero-order chi connectivity index (χ0) is 20.4. The van der Waals surface area contributed by atoms with Crippen LogP contribution in [0, 0.1) is 0 Å². The van der Waals surface area contributed by atoms with Gasteiger partial charge in [-0.05, 0) is 30.9 Å². The van der Waals surface area contributed by atoms with Gasteiger partial charge in [0.05, 0.1) is 12.8 Å². The van der Waals surface area contributed by atoms with E-state index in [1.807, 2.05) is 6.92 Å². The number of hydrogen-bond acceptors (Lipinski definition) is 4. The van der Waals surface area contributed by atoms with E-state index in [9.17, 15) is 4.79 Å². The predicted octanol–water partition coefficient (Wildman–Crippen LogP) is 3.16. The Morgan fingerprint density at radius 2 is 2.10 bits per heavy atom. The topological polar surface area (TPSA) is 63.2 Å². The molecule has 6 heteroatoms. The van der Waals surface area contributed by atoms with Crippen LogP contribution in [-0.4, -0.2) is 46.2 Å². The Morgan fingerprint density at radius 1 is 1.28 bits per heavy atom. The molecule has 0 radical (unpaired) electrons. The molecule has 0 saturated heterocycles. The monoisotopic (exact) mass is 392 g/mol. The highest BCUT2D eigenvalue weighted by Gasteiger charge is 2.18. The molecule has 29 heavy (non-hydrogen) atoms. The van der Waals surface area contributed by atoms with Gasteiger partial charge in [0.25, 0.3) is 11.6 Å². The van der Waals surface area contributed by atoms with Gasteiger partial charge in [-0.25, -0.2) is 4.98 Å². The minimum atomic E-state index is 0.000679. The number of methoxy groups -OCH3 is 1. The Bertz CT molecular complexity index is 1110. The van der Waals surface area contributed by atoms with Gasteiger partial charge in [0.1, 0.15) is 0 Å². The van der Waals surface area contributed by atoms with Gasteiger partial charge >= 0.3 is 0 Å². The highest BCUT2D eigenvalue weighted by Crippen LogP contribution is 2.29. The fourth-order valence-electron chi connectivity index (χ4n) is 4.16. The average Bonchev–Trinajstić information content (AvgIpc) is 3.19. The summed E-state index contributed by atoms with van der Waals surface area (Å²) >= 11 is 0. The van der Waals surface area contributed by atoms with Crippen LogP contribution in [0.15, 0.2) is 41.3 Å². The SMILES string of the molecule is CCc1nc(OC)n(C)c(=O)c1CCN1CC=C(c2c[nH]c3ccccc23)CC1. The number of ether oxygens (including phenoxy) is 1. The van der Waals surface area contributed by atoms with Crippen LogP contribution in [0.2, 0.25) is 0 Å². The van der Waals surface area contributed by atoms with E-state index in [2.05, 4.69) is 51.4 Å². The molecule has 6 nitrogen and oxygen atoms in total. The molecule has 1 aliphatic heterocycles. The van der Waals surface area contributed by atoms with E-state index in [1.54, 1.807) is 14.2 Å². The number of H-pyrrole nitrogens is 1. The van der Waals surface area contributed by atoms with Gasteiger partial charge in [0.2, 0.25) is 0 Å². The number of fused-ring (bicyclic) bond motifs is 1. The molecule has 1 N–H and O–H groups in total. The number of nitrogens with one attached hydrogen (secondary N) is 1. The molecule has 1 aliphatic rings. The highest BCUT2D eigenvalue weighted by molar-refractivity contribution is 5.92. The first-order chi connectivity index (χ1) is 14.1. The van der Waals surface area contributed by atoms with Crippen molar-refractivity contribution in [2.24, 2.45) is 7.05 Å². The van der Waals surface area contributed by atoms with Crippen LogP contribution in [0.3, 0.4) is 0 Å². The van der Waals surface area contributed by atoms with Crippen molar-refractivity contribution in [1.82, 2.24) is 19.4 Å². The number of rotatable bonds is 6. The second-order valence-corrected chi connectivity index (χ2v) is 7.52. The zero-order valence-corrected chi connectivity index (χ0v) is 17.4. The normalized spacial score (nSPS) is 14.9. The molecular formula is C23H28N4O2. The minimum absolute atomic E-state index is 0.000679. The fraction of sp³-hybridized carbons (Fsp3) is 0.391. The molecule has 0 unspecified atom stereocenters. The smallest absolute Gasteiger partial charge is 0.298 e. The van der Waals surface area contributed by atoms with Gasteiger partial charge in [-0.3, -0.25) is 14.3 Å². The van der Waals surface area contributed by atoms with Gasteiger partial charge in [-0.2, -0.15) is 0 Å². The first-order valence-electron chi connectivity index (χ1n) is 10.2. The number of aromatic nitrogens is 3. The quantitative estimate of drug-likeness (QED) is 0.700. The Kier molecular flexibility index (Phi) is 5.53. The van der Waals surface area contributed by atoms with Crippen molar-refractivity contribution in [3.63, 3.8) is 0 Å². The van der Waals surface area contributed by atoms with Crippen LogP contribution in [-0.2, 0) is 19.9 Å². The van der Waals surface area contributed by atoms with Crippen molar-refractivity contribution in [2.75, 3.05) is 26.7 Å². The molecule has 0 atom stereocenters. The van der Waals surface area contributed by atoms with Crippen LogP contribution in [0.25, 0.3) is 16.5 Å². The molecule has 0 amide bonds. The summed E-state index contributed by atoms with van der Waals surface area (Å²) in [5.74, 6) is 0. The zero-order valence-electron chi connectivity index (χ0n) is 17.4. The van der Waals surface area contributed by atoms with Crippen molar-refractivity contribution >= 4 is 16.5 Å². The Balaban J connectivity index is 1.47. The second-order valence-electron chi connectivity index (χ2n) is 7.52. The summed E-state index contributed by atoms with van der Waals surface area (Å²) in [4.78, 5) is 23.0. The summed E-state index contributed by atoms with van der Waals surface area (Å²) in [6.07, 6.45) is 6.90. The summed E-state index contributed by atoms with van der Waals surface area (Å²) in [6.45, 7) is 4.78. The van der Waals surface area contributed by atoms with E-state index < -0.39 is 0 Å². The summed E-state index contributed by atoms with van der Waals surface area (Å²) < 4.78 is 6.73. The molecule has 1 aromatic carbocycles. The second kappa shape index (κ2) is 8.25. The van der Waals surface area contributed by atoms with E-state index >= 15 is 0 Å². The molecule has 0 bridgehead atoms. The van der Waals surface area contributed by atoms with Crippen LogP contribution in [0.5, 0.6) is 6.01 Å². The molecule has 0 spiro atoms. The average molecular weight is 393 g/mol. The first kappa shape index (κ1) is 19.5. The van der Waals surface area contributed by atoms with E-state index in [4.69, 9.17) is 4.74 Å². The van der Waals surface area contributed by atoms with Crippen molar-refractivity contribution in [3.8, 4) is 6.01 Å². The molecular weight excluding hydrogens is 364 g/mol. The van der Waals surface area contributed by atoms with E-state index in [0.29, 0.717) is 12.4 Å². The van der Waals surface area contributed by atoms with Gasteiger partial charge in [-0.1, -0.05) is 31.2 Å². The van der Waals surface area contributed by atoms with Crippen molar-refractivity contribution in [1.29, 1.82) is 0 Å². The Morgan fingerprint density at radius 3 is 2.83 bits per heavy atom. The molecule has 0 fully saturated rings. The van der Waals surface area contributed by atoms with E-state index in [0.717, 1.165) is 43.7 Å². The molecule has 0 aliphatic carbocycles. The molecule has 4 rings (SSSR count). The van der Waals surface area contributed by atoms with Gasteiger partial charge in [-0.15, -0.1) is 0 Å². The van der Waals surface area contributed by atoms with Gasteiger partial charge < -0.3 is 9.72 Å². The lowest BCUT2D eigenvalue weighted by Crippen LogP contribution is -2.33. The number of nitrogens with zero attached hydrogens (tertiary/aromatic N) is 3. The maximum atomic E-state index is 12.7. The molecule has 152 valence electrons. The molecule has 0 saturated carbocycles. The molecule has 3 aromatic rings. The molecule has 2 aromatic heterocycles. The third kappa shape index (κ3) is 3.72. The van der Waals surface area contributed by atoms with Crippen LogP contribution in [0.1, 0.15) is 30.2 Å². The maximum Gasteiger partial charge on any atom is 0.298 e. The number of benzene rings is 1. The summed E-state index contributed by atoms with van der Waals surface area (Å²) in [5.41, 5.74) is 5.54. The lowest BCUT2D eigenvalue weighted by Gasteiger charge is -2.26. The number of aromatic amines is 1.